The molecule has 0 radical (unpaired) electrons. The average Bonchev–Trinajstić information content (AvgIpc) is 2.89. The highest BCUT2D eigenvalue weighted by atomic mass is 35.5. The molecule has 0 fully saturated rings. The number of hydrogen-bond acceptors (Lipinski definition) is 6. The van der Waals surface area contributed by atoms with Gasteiger partial charge >= 0.3 is 12.1 Å². The highest BCUT2D eigenvalue weighted by Gasteiger charge is 2.39. The van der Waals surface area contributed by atoms with Gasteiger partial charge in [-0.2, -0.15) is 13.2 Å². The summed E-state index contributed by atoms with van der Waals surface area (Å²) in [5.41, 5.74) is -0.914. The number of allylic oxidation sites excluding steroid dienone is 4. The van der Waals surface area contributed by atoms with Crippen LogP contribution in [0.5, 0.6) is 5.88 Å². The Balaban J connectivity index is 2.05. The normalized spacial score (nSPS) is 15.9. The predicted molar refractivity (Wildman–Crippen MR) is 95.1 cm³/mol. The van der Waals surface area contributed by atoms with Crippen LogP contribution in [-0.4, -0.2) is 34.7 Å². The Morgan fingerprint density at radius 1 is 1.36 bits per heavy atom. The summed E-state index contributed by atoms with van der Waals surface area (Å²) in [6.07, 6.45) is -1.16. The number of esters is 1. The largest absolute Gasteiger partial charge is 0.463 e. The first-order valence-electron chi connectivity index (χ1n) is 8.02. The van der Waals surface area contributed by atoms with Crippen molar-refractivity contribution in [2.45, 2.75) is 25.9 Å². The molecular weight excluding hydrogens is 426 g/mol. The molecule has 7 nitrogen and oxygen atoms in total. The van der Waals surface area contributed by atoms with Crippen LogP contribution >= 0.6 is 23.2 Å². The molecule has 0 bridgehead atoms. The summed E-state index contributed by atoms with van der Waals surface area (Å²) in [4.78, 5) is 16.3. The minimum Gasteiger partial charge on any atom is -0.463 e. The Hall–Kier alpha value is -2.20. The molecule has 0 spiro atoms. The summed E-state index contributed by atoms with van der Waals surface area (Å²) in [5.74, 6) is -0.805. The fraction of sp³-hybridized carbons (Fsp3) is 0.438. The lowest BCUT2D eigenvalue weighted by molar-refractivity contribution is -0.149. The van der Waals surface area contributed by atoms with Gasteiger partial charge in [0.25, 0.3) is 5.88 Å². The van der Waals surface area contributed by atoms with Crippen molar-refractivity contribution in [2.24, 2.45) is 12.2 Å². The first-order chi connectivity index (χ1) is 13.1. The number of carbonyl (C=O) groups excluding carboxylic acids is 1. The van der Waals surface area contributed by atoms with Crippen molar-refractivity contribution < 1.29 is 32.3 Å². The topological polar surface area (TPSA) is 74.9 Å². The number of carbonyl (C=O) groups is 1. The maximum absolute atomic E-state index is 13.0. The number of aryl methyl sites for hydroxylation is 1. The zero-order valence-electron chi connectivity index (χ0n) is 14.8. The average molecular weight is 442 g/mol. The minimum absolute atomic E-state index is 0.00635. The Morgan fingerprint density at radius 2 is 2.07 bits per heavy atom. The van der Waals surface area contributed by atoms with Crippen molar-refractivity contribution in [1.29, 1.82) is 0 Å². The van der Waals surface area contributed by atoms with Gasteiger partial charge in [-0.1, -0.05) is 35.3 Å². The van der Waals surface area contributed by atoms with Gasteiger partial charge < -0.3 is 14.3 Å². The van der Waals surface area contributed by atoms with E-state index in [0.717, 1.165) is 7.05 Å². The maximum atomic E-state index is 13.0. The Labute approximate surface area is 168 Å². The van der Waals surface area contributed by atoms with Crippen molar-refractivity contribution in [3.8, 4) is 5.88 Å². The summed E-state index contributed by atoms with van der Waals surface area (Å²) < 4.78 is 49.7. The summed E-state index contributed by atoms with van der Waals surface area (Å²) >= 11 is 11.8. The lowest BCUT2D eigenvalue weighted by Gasteiger charge is -2.13. The SMILES string of the molecule is CCCOC(=O)CON=C1CC(Oc2nn(C)c(C(F)(F)F)c2Cl)=CC=C1Cl. The third kappa shape index (κ3) is 5.65. The molecule has 28 heavy (non-hydrogen) atoms. The van der Waals surface area contributed by atoms with Crippen molar-refractivity contribution in [3.63, 3.8) is 0 Å². The van der Waals surface area contributed by atoms with E-state index in [4.69, 9.17) is 37.5 Å². The second-order valence-corrected chi connectivity index (χ2v) is 6.33. The van der Waals surface area contributed by atoms with Crippen LogP contribution in [0.2, 0.25) is 5.02 Å². The molecule has 1 aromatic rings. The van der Waals surface area contributed by atoms with Crippen molar-refractivity contribution in [3.05, 3.63) is 33.7 Å². The number of nitrogens with zero attached hydrogens (tertiary/aromatic N) is 3. The van der Waals surface area contributed by atoms with Crippen LogP contribution in [0.4, 0.5) is 13.2 Å². The summed E-state index contributed by atoms with van der Waals surface area (Å²) in [6, 6.07) is 0. The molecule has 1 aromatic heterocycles. The van der Waals surface area contributed by atoms with E-state index in [1.165, 1.54) is 12.2 Å². The fourth-order valence-corrected chi connectivity index (χ4v) is 2.58. The molecule has 2 rings (SSSR count). The quantitative estimate of drug-likeness (QED) is 0.467. The second-order valence-electron chi connectivity index (χ2n) is 5.55. The molecule has 12 heteroatoms. The number of alkyl halides is 3. The van der Waals surface area contributed by atoms with E-state index in [0.29, 0.717) is 11.1 Å². The maximum Gasteiger partial charge on any atom is 0.434 e. The number of rotatable bonds is 7. The van der Waals surface area contributed by atoms with Gasteiger partial charge in [-0.25, -0.2) is 4.79 Å². The molecule has 0 aliphatic heterocycles. The number of oxime groups is 1. The third-order valence-electron chi connectivity index (χ3n) is 3.31. The van der Waals surface area contributed by atoms with E-state index < -0.39 is 35.3 Å². The number of hydrogen-bond donors (Lipinski definition) is 0. The zero-order chi connectivity index (χ0) is 20.9. The zero-order valence-corrected chi connectivity index (χ0v) is 16.4. The van der Waals surface area contributed by atoms with Crippen LogP contribution in [0.3, 0.4) is 0 Å². The Bertz CT molecular complexity index is 832. The Morgan fingerprint density at radius 3 is 2.68 bits per heavy atom. The first kappa shape index (κ1) is 22.1. The van der Waals surface area contributed by atoms with Gasteiger partial charge in [0.1, 0.15) is 16.5 Å². The van der Waals surface area contributed by atoms with E-state index in [-0.39, 0.29) is 29.5 Å². The van der Waals surface area contributed by atoms with Crippen LogP contribution in [-0.2, 0) is 27.6 Å². The van der Waals surface area contributed by atoms with E-state index in [9.17, 15) is 18.0 Å². The lowest BCUT2D eigenvalue weighted by Crippen LogP contribution is -2.14. The molecule has 1 heterocycles. The number of halogens is 5. The minimum atomic E-state index is -4.68. The molecule has 1 aliphatic rings. The van der Waals surface area contributed by atoms with Gasteiger partial charge in [0.05, 0.1) is 18.1 Å². The van der Waals surface area contributed by atoms with Gasteiger partial charge in [-0.05, 0) is 18.6 Å². The van der Waals surface area contributed by atoms with Gasteiger partial charge in [0.15, 0.2) is 5.69 Å². The molecular formula is C16H16Cl2F3N3O4. The van der Waals surface area contributed by atoms with E-state index in [2.05, 4.69) is 10.3 Å². The number of aromatic nitrogens is 2. The second kappa shape index (κ2) is 9.33. The molecule has 0 atom stereocenters. The number of ether oxygens (including phenoxy) is 2. The molecule has 0 unspecified atom stereocenters. The van der Waals surface area contributed by atoms with Gasteiger partial charge in [0, 0.05) is 7.05 Å². The van der Waals surface area contributed by atoms with Crippen molar-refractivity contribution >= 4 is 34.9 Å². The monoisotopic (exact) mass is 441 g/mol. The smallest absolute Gasteiger partial charge is 0.434 e. The van der Waals surface area contributed by atoms with Crippen LogP contribution in [0.1, 0.15) is 25.5 Å². The van der Waals surface area contributed by atoms with Crippen molar-refractivity contribution in [2.75, 3.05) is 13.2 Å². The van der Waals surface area contributed by atoms with Gasteiger partial charge in [0.2, 0.25) is 6.61 Å². The van der Waals surface area contributed by atoms with Crippen molar-refractivity contribution in [1.82, 2.24) is 9.78 Å². The highest BCUT2D eigenvalue weighted by Crippen LogP contribution is 2.39. The van der Waals surface area contributed by atoms with Crippen LogP contribution in [0, 0.1) is 0 Å². The molecule has 0 saturated carbocycles. The van der Waals surface area contributed by atoms with E-state index in [1.54, 1.807) is 0 Å². The van der Waals surface area contributed by atoms with Gasteiger partial charge in [-0.3, -0.25) is 4.68 Å². The Kier molecular flexibility index (Phi) is 7.36. The summed E-state index contributed by atoms with van der Waals surface area (Å²) in [7, 11) is 1.10. The first-order valence-corrected chi connectivity index (χ1v) is 8.77. The molecule has 1 aliphatic carbocycles. The van der Waals surface area contributed by atoms with E-state index in [1.807, 2.05) is 6.92 Å². The van der Waals surface area contributed by atoms with Gasteiger partial charge in [-0.15, -0.1) is 5.10 Å². The highest BCUT2D eigenvalue weighted by molar-refractivity contribution is 6.44. The third-order valence-corrected chi connectivity index (χ3v) is 4.00. The predicted octanol–water partition coefficient (Wildman–Crippen LogP) is 4.21. The summed E-state index contributed by atoms with van der Waals surface area (Å²) in [5, 5.41) is 6.95. The molecule has 0 N–H and O–H groups in total. The van der Waals surface area contributed by atoms with Crippen LogP contribution < -0.4 is 4.74 Å². The molecule has 0 amide bonds. The van der Waals surface area contributed by atoms with Crippen LogP contribution in [0.15, 0.2) is 28.1 Å². The lowest BCUT2D eigenvalue weighted by atomic mass is 10.1. The molecule has 0 aromatic carbocycles. The molecule has 0 saturated heterocycles. The standard InChI is InChI=1S/C16H16Cl2F3N3O4/c1-3-6-26-12(25)8-27-23-11-7-9(4-5-10(11)17)28-15-13(18)14(16(19,20)21)24(2)22-15/h4-5H,3,6-8H2,1-2H3. The van der Waals surface area contributed by atoms with E-state index >= 15 is 0 Å². The van der Waals surface area contributed by atoms with Crippen LogP contribution in [0.25, 0.3) is 0 Å². The fourth-order valence-electron chi connectivity index (χ4n) is 2.11. The molecule has 154 valence electrons. The summed E-state index contributed by atoms with van der Waals surface area (Å²) in [6.45, 7) is 1.71.